The Morgan fingerprint density at radius 3 is 2.72 bits per heavy atom. The molecule has 2 rings (SSSR count). The van der Waals surface area contributed by atoms with Crippen molar-refractivity contribution in [3.63, 3.8) is 0 Å². The van der Waals surface area contributed by atoms with Gasteiger partial charge in [0.15, 0.2) is 0 Å². The Hall–Kier alpha value is -1.20. The molecule has 0 saturated heterocycles. The molecule has 0 bridgehead atoms. The number of aromatic nitrogens is 3. The monoisotopic (exact) mass is 327 g/mol. The van der Waals surface area contributed by atoms with E-state index >= 15 is 0 Å². The molecule has 0 N–H and O–H groups in total. The summed E-state index contributed by atoms with van der Waals surface area (Å²) < 4.78 is 2.37. The van der Waals surface area contributed by atoms with Crippen molar-refractivity contribution in [3.05, 3.63) is 45.4 Å². The van der Waals surface area contributed by atoms with Crippen molar-refractivity contribution in [2.24, 2.45) is 0 Å². The molecule has 2 heterocycles. The van der Waals surface area contributed by atoms with Crippen molar-refractivity contribution in [1.29, 1.82) is 0 Å². The lowest BCUT2D eigenvalue weighted by Gasteiger charge is -2.10. The van der Waals surface area contributed by atoms with Crippen LogP contribution in [0.3, 0.4) is 0 Å². The number of pyridine rings is 1. The van der Waals surface area contributed by atoms with Crippen molar-refractivity contribution in [3.8, 4) is 0 Å². The highest BCUT2D eigenvalue weighted by Gasteiger charge is 2.20. The highest BCUT2D eigenvalue weighted by Crippen LogP contribution is 2.22. The summed E-state index contributed by atoms with van der Waals surface area (Å²) in [7, 11) is 0. The van der Waals surface area contributed by atoms with Crippen LogP contribution in [0.25, 0.3) is 0 Å². The molecule has 94 valence electrons. The van der Waals surface area contributed by atoms with Crippen molar-refractivity contribution in [1.82, 2.24) is 14.8 Å². The van der Waals surface area contributed by atoms with Crippen LogP contribution >= 0.6 is 27.5 Å². The molecule has 0 unspecified atom stereocenters. The normalized spacial score (nSPS) is 10.9. The van der Waals surface area contributed by atoms with Gasteiger partial charge in [-0.05, 0) is 35.8 Å². The van der Waals surface area contributed by atoms with Crippen molar-refractivity contribution in [2.45, 2.75) is 19.9 Å². The summed E-state index contributed by atoms with van der Waals surface area (Å²) in [5.41, 5.74) is 0.875. The average molecular weight is 329 g/mol. The maximum absolute atomic E-state index is 12.4. The molecule has 0 spiro atoms. The van der Waals surface area contributed by atoms with Gasteiger partial charge in [0.1, 0.15) is 5.69 Å². The predicted molar refractivity (Wildman–Crippen MR) is 73.0 cm³/mol. The topological polar surface area (TPSA) is 47.8 Å². The van der Waals surface area contributed by atoms with Crippen LogP contribution in [0.5, 0.6) is 0 Å². The summed E-state index contributed by atoms with van der Waals surface area (Å²) in [6, 6.07) is 1.78. The van der Waals surface area contributed by atoms with Gasteiger partial charge in [0.25, 0.3) is 0 Å². The summed E-state index contributed by atoms with van der Waals surface area (Å²) in [5.74, 6) is -0.181. The number of carbonyl (C=O) groups is 1. The maximum atomic E-state index is 12.4. The Balaban J connectivity index is 2.49. The molecular weight excluding hydrogens is 318 g/mol. The Kier molecular flexibility index (Phi) is 3.82. The zero-order valence-electron chi connectivity index (χ0n) is 9.89. The van der Waals surface area contributed by atoms with Crippen molar-refractivity contribution < 1.29 is 4.79 Å². The largest absolute Gasteiger partial charge is 0.287 e. The zero-order valence-corrected chi connectivity index (χ0v) is 12.2. The summed E-state index contributed by atoms with van der Waals surface area (Å²) in [4.78, 5) is 16.4. The first-order chi connectivity index (χ1) is 8.50. The highest BCUT2D eigenvalue weighted by molar-refractivity contribution is 9.10. The molecule has 0 aliphatic heterocycles. The number of ketones is 1. The first-order valence-corrected chi connectivity index (χ1v) is 6.56. The van der Waals surface area contributed by atoms with Gasteiger partial charge in [0, 0.05) is 28.5 Å². The standard InChI is InChI=1S/C12H11BrClN3O/c1-7(2)17-11(10(14)6-16-17)12(18)8-3-9(13)5-15-4-8/h3-7H,1-2H3. The van der Waals surface area contributed by atoms with Crippen LogP contribution in [0.1, 0.15) is 35.9 Å². The first kappa shape index (κ1) is 13.2. The molecule has 0 saturated carbocycles. The van der Waals surface area contributed by atoms with Crippen LogP contribution in [-0.4, -0.2) is 20.5 Å². The molecule has 0 aliphatic carbocycles. The molecule has 0 aromatic carbocycles. The van der Waals surface area contributed by atoms with Gasteiger partial charge in [-0.3, -0.25) is 14.5 Å². The second-order valence-corrected chi connectivity index (χ2v) is 5.42. The van der Waals surface area contributed by atoms with E-state index in [9.17, 15) is 4.79 Å². The number of hydrogen-bond acceptors (Lipinski definition) is 3. The molecule has 0 fully saturated rings. The number of nitrogens with zero attached hydrogens (tertiary/aromatic N) is 3. The molecule has 0 radical (unpaired) electrons. The van der Waals surface area contributed by atoms with Gasteiger partial charge in [-0.25, -0.2) is 0 Å². The van der Waals surface area contributed by atoms with E-state index in [-0.39, 0.29) is 11.8 Å². The lowest BCUT2D eigenvalue weighted by atomic mass is 10.1. The molecule has 2 aromatic rings. The molecule has 0 aliphatic rings. The van der Waals surface area contributed by atoms with E-state index < -0.39 is 0 Å². The van der Waals surface area contributed by atoms with Crippen LogP contribution in [-0.2, 0) is 0 Å². The maximum Gasteiger partial charge on any atom is 0.214 e. The van der Waals surface area contributed by atoms with Gasteiger partial charge >= 0.3 is 0 Å². The van der Waals surface area contributed by atoms with Crippen LogP contribution in [0.15, 0.2) is 29.1 Å². The second kappa shape index (κ2) is 5.20. The van der Waals surface area contributed by atoms with Gasteiger partial charge < -0.3 is 0 Å². The number of rotatable bonds is 3. The van der Waals surface area contributed by atoms with Gasteiger partial charge in [-0.1, -0.05) is 11.6 Å². The van der Waals surface area contributed by atoms with E-state index in [1.54, 1.807) is 16.9 Å². The number of hydrogen-bond donors (Lipinski definition) is 0. The zero-order chi connectivity index (χ0) is 13.3. The Labute approximate surface area is 118 Å². The van der Waals surface area contributed by atoms with Crippen LogP contribution in [0.4, 0.5) is 0 Å². The number of halogens is 2. The second-order valence-electron chi connectivity index (χ2n) is 4.10. The van der Waals surface area contributed by atoms with E-state index in [1.807, 2.05) is 13.8 Å². The molecule has 6 heteroatoms. The van der Waals surface area contributed by atoms with Crippen LogP contribution in [0.2, 0.25) is 5.02 Å². The Morgan fingerprint density at radius 1 is 1.39 bits per heavy atom. The van der Waals surface area contributed by atoms with E-state index in [4.69, 9.17) is 11.6 Å². The van der Waals surface area contributed by atoms with Crippen LogP contribution in [0, 0.1) is 0 Å². The fraction of sp³-hybridized carbons (Fsp3) is 0.250. The average Bonchev–Trinajstić information content (AvgIpc) is 2.70. The molecular formula is C12H11BrClN3O. The Bertz CT molecular complexity index is 595. The van der Waals surface area contributed by atoms with Crippen molar-refractivity contribution >= 4 is 33.3 Å². The van der Waals surface area contributed by atoms with E-state index in [0.717, 1.165) is 4.47 Å². The van der Waals surface area contributed by atoms with E-state index in [2.05, 4.69) is 26.0 Å². The molecule has 0 amide bonds. The summed E-state index contributed by atoms with van der Waals surface area (Å²) in [6.45, 7) is 3.89. The van der Waals surface area contributed by atoms with E-state index in [1.165, 1.54) is 12.4 Å². The third kappa shape index (κ3) is 2.47. The minimum absolute atomic E-state index is 0.0663. The molecule has 4 nitrogen and oxygen atoms in total. The third-order valence-corrected chi connectivity index (χ3v) is 3.13. The predicted octanol–water partition coefficient (Wildman–Crippen LogP) is 3.51. The minimum Gasteiger partial charge on any atom is -0.287 e. The summed E-state index contributed by atoms with van der Waals surface area (Å²) in [5, 5.41) is 4.47. The summed E-state index contributed by atoms with van der Waals surface area (Å²) in [6.07, 6.45) is 4.62. The van der Waals surface area contributed by atoms with Crippen LogP contribution < -0.4 is 0 Å². The lowest BCUT2D eigenvalue weighted by Crippen LogP contribution is -2.14. The van der Waals surface area contributed by atoms with Crippen molar-refractivity contribution in [2.75, 3.05) is 0 Å². The quantitative estimate of drug-likeness (QED) is 0.810. The molecule has 18 heavy (non-hydrogen) atoms. The Morgan fingerprint density at radius 2 is 2.11 bits per heavy atom. The van der Waals surface area contributed by atoms with Gasteiger partial charge in [0.2, 0.25) is 5.78 Å². The lowest BCUT2D eigenvalue weighted by molar-refractivity contribution is 0.102. The molecule has 2 aromatic heterocycles. The van der Waals surface area contributed by atoms with Gasteiger partial charge in [-0.15, -0.1) is 0 Å². The fourth-order valence-corrected chi connectivity index (χ4v) is 2.20. The first-order valence-electron chi connectivity index (χ1n) is 5.39. The summed E-state index contributed by atoms with van der Waals surface area (Å²) >= 11 is 9.33. The van der Waals surface area contributed by atoms with E-state index in [0.29, 0.717) is 16.3 Å². The molecule has 0 atom stereocenters. The SMILES string of the molecule is CC(C)n1ncc(Cl)c1C(=O)c1cncc(Br)c1. The third-order valence-electron chi connectivity index (χ3n) is 2.42. The highest BCUT2D eigenvalue weighted by atomic mass is 79.9. The van der Waals surface area contributed by atoms with Gasteiger partial charge in [0.05, 0.1) is 11.2 Å². The fourth-order valence-electron chi connectivity index (χ4n) is 1.62. The smallest absolute Gasteiger partial charge is 0.214 e. The minimum atomic E-state index is -0.181. The van der Waals surface area contributed by atoms with Gasteiger partial charge in [-0.2, -0.15) is 5.10 Å². The number of carbonyl (C=O) groups excluding carboxylic acids is 1.